The summed E-state index contributed by atoms with van der Waals surface area (Å²) < 4.78 is 5.86. The Morgan fingerprint density at radius 3 is 2.42 bits per heavy atom. The van der Waals surface area contributed by atoms with Gasteiger partial charge in [0.15, 0.2) is 0 Å². The van der Waals surface area contributed by atoms with Crippen LogP contribution in [-0.4, -0.2) is 67.4 Å². The van der Waals surface area contributed by atoms with Crippen molar-refractivity contribution >= 4 is 35.6 Å². The van der Waals surface area contributed by atoms with Gasteiger partial charge in [-0.15, -0.1) is 24.8 Å². The van der Waals surface area contributed by atoms with E-state index in [2.05, 4.69) is 35.0 Å². The van der Waals surface area contributed by atoms with Crippen LogP contribution in [0.5, 0.6) is 5.75 Å². The summed E-state index contributed by atoms with van der Waals surface area (Å²) in [6, 6.07) is 14.2. The van der Waals surface area contributed by atoms with Crippen molar-refractivity contribution in [3.8, 4) is 5.75 Å². The Bertz CT molecular complexity index is 613. The molecule has 0 aliphatic carbocycles. The third kappa shape index (κ3) is 5.50. The molecular weight excluding hydrogens is 347 g/mol. The number of piperazine rings is 1. The van der Waals surface area contributed by atoms with Crippen molar-refractivity contribution in [3.05, 3.63) is 42.5 Å². The Kier molecular flexibility index (Phi) is 8.81. The van der Waals surface area contributed by atoms with Gasteiger partial charge in [0.05, 0.1) is 0 Å². The number of hydrogen-bond acceptors (Lipinski definition) is 4. The van der Waals surface area contributed by atoms with E-state index in [-0.39, 0.29) is 24.8 Å². The maximum absolute atomic E-state index is 10.2. The molecule has 1 saturated heterocycles. The fourth-order valence-electron chi connectivity index (χ4n) is 2.89. The number of fused-ring (bicyclic) bond motifs is 1. The Balaban J connectivity index is 0.00000144. The van der Waals surface area contributed by atoms with E-state index in [9.17, 15) is 5.11 Å². The Hall–Kier alpha value is -1.04. The quantitative estimate of drug-likeness (QED) is 0.874. The molecule has 1 aliphatic heterocycles. The largest absolute Gasteiger partial charge is 0.490 e. The first kappa shape index (κ1) is 21.0. The lowest BCUT2D eigenvalue weighted by Crippen LogP contribution is -2.47. The summed E-state index contributed by atoms with van der Waals surface area (Å²) >= 11 is 0. The summed E-state index contributed by atoms with van der Waals surface area (Å²) in [5, 5.41) is 12.5. The molecule has 0 amide bonds. The van der Waals surface area contributed by atoms with Crippen molar-refractivity contribution < 1.29 is 9.84 Å². The summed E-state index contributed by atoms with van der Waals surface area (Å²) in [6.45, 7) is 5.18. The molecule has 24 heavy (non-hydrogen) atoms. The van der Waals surface area contributed by atoms with Gasteiger partial charge in [-0.25, -0.2) is 0 Å². The highest BCUT2D eigenvalue weighted by molar-refractivity contribution is 5.88. The predicted molar refractivity (Wildman–Crippen MR) is 104 cm³/mol. The van der Waals surface area contributed by atoms with Crippen molar-refractivity contribution in [1.82, 2.24) is 9.80 Å². The standard InChI is InChI=1S/C18H24N2O2.2ClH/c1-19-9-11-20(12-10-19)13-16(21)14-22-18-8-4-6-15-5-2-3-7-17(15)18;;/h2-8,16,21H,9-14H2,1H3;2*1H. The van der Waals surface area contributed by atoms with Crippen molar-refractivity contribution in [2.75, 3.05) is 46.4 Å². The lowest BCUT2D eigenvalue weighted by atomic mass is 10.1. The van der Waals surface area contributed by atoms with Crippen LogP contribution in [0.25, 0.3) is 10.8 Å². The van der Waals surface area contributed by atoms with Crippen LogP contribution in [-0.2, 0) is 0 Å². The molecule has 134 valence electrons. The molecule has 3 rings (SSSR count). The lowest BCUT2D eigenvalue weighted by Gasteiger charge is -2.33. The molecule has 0 bridgehead atoms. The van der Waals surface area contributed by atoms with Gasteiger partial charge in [-0.05, 0) is 18.5 Å². The molecule has 1 N–H and O–H groups in total. The number of β-amino-alcohol motifs (C(OH)–C–C–N with tert-alkyl or cyclic N) is 1. The SMILES string of the molecule is CN1CCN(CC(O)COc2cccc3ccccc23)CC1.Cl.Cl. The van der Waals surface area contributed by atoms with Gasteiger partial charge >= 0.3 is 0 Å². The zero-order valence-electron chi connectivity index (χ0n) is 13.9. The van der Waals surface area contributed by atoms with E-state index in [1.54, 1.807) is 0 Å². The molecule has 1 unspecified atom stereocenters. The zero-order chi connectivity index (χ0) is 15.4. The van der Waals surface area contributed by atoms with Gasteiger partial charge < -0.3 is 14.7 Å². The second-order valence-electron chi connectivity index (χ2n) is 6.05. The summed E-state index contributed by atoms with van der Waals surface area (Å²) in [5.74, 6) is 0.843. The summed E-state index contributed by atoms with van der Waals surface area (Å²) in [6.07, 6.45) is -0.456. The van der Waals surface area contributed by atoms with Crippen molar-refractivity contribution in [2.24, 2.45) is 0 Å². The molecule has 4 nitrogen and oxygen atoms in total. The molecular formula is C18H26Cl2N2O2. The van der Waals surface area contributed by atoms with Gasteiger partial charge in [-0.3, -0.25) is 4.90 Å². The van der Waals surface area contributed by atoms with Crippen molar-refractivity contribution in [3.63, 3.8) is 0 Å². The van der Waals surface area contributed by atoms with E-state index in [0.717, 1.165) is 42.7 Å². The van der Waals surface area contributed by atoms with Crippen LogP contribution in [0, 0.1) is 0 Å². The van der Waals surface area contributed by atoms with Crippen LogP contribution in [0.15, 0.2) is 42.5 Å². The average Bonchev–Trinajstić information content (AvgIpc) is 2.55. The molecule has 1 aliphatic rings. The minimum Gasteiger partial charge on any atom is -0.490 e. The van der Waals surface area contributed by atoms with Crippen LogP contribution >= 0.6 is 24.8 Å². The second kappa shape index (κ2) is 10.1. The maximum Gasteiger partial charge on any atom is 0.127 e. The minimum atomic E-state index is -0.456. The number of halogens is 2. The normalized spacial score (nSPS) is 16.9. The lowest BCUT2D eigenvalue weighted by molar-refractivity contribution is 0.0509. The number of hydrogen-bond donors (Lipinski definition) is 1. The van der Waals surface area contributed by atoms with Gasteiger partial charge in [0.1, 0.15) is 18.5 Å². The average molecular weight is 373 g/mol. The fourth-order valence-corrected chi connectivity index (χ4v) is 2.89. The molecule has 0 aromatic heterocycles. The zero-order valence-corrected chi connectivity index (χ0v) is 15.6. The van der Waals surface area contributed by atoms with Crippen molar-refractivity contribution in [1.29, 1.82) is 0 Å². The Morgan fingerprint density at radius 2 is 1.67 bits per heavy atom. The number of aliphatic hydroxyl groups is 1. The predicted octanol–water partition coefficient (Wildman–Crippen LogP) is 2.67. The van der Waals surface area contributed by atoms with Crippen LogP contribution < -0.4 is 4.74 Å². The molecule has 1 heterocycles. The molecule has 2 aromatic carbocycles. The highest BCUT2D eigenvalue weighted by Gasteiger charge is 2.17. The molecule has 0 spiro atoms. The minimum absolute atomic E-state index is 0. The highest BCUT2D eigenvalue weighted by Crippen LogP contribution is 2.25. The number of aliphatic hydroxyl groups excluding tert-OH is 1. The monoisotopic (exact) mass is 372 g/mol. The molecule has 2 aromatic rings. The number of rotatable bonds is 5. The third-order valence-electron chi connectivity index (χ3n) is 4.25. The first-order valence-corrected chi connectivity index (χ1v) is 7.92. The van der Waals surface area contributed by atoms with E-state index in [0.29, 0.717) is 13.2 Å². The first-order valence-electron chi connectivity index (χ1n) is 7.92. The van der Waals surface area contributed by atoms with Gasteiger partial charge in [0, 0.05) is 38.1 Å². The van der Waals surface area contributed by atoms with Crippen LogP contribution in [0.4, 0.5) is 0 Å². The summed E-state index contributed by atoms with van der Waals surface area (Å²) in [4.78, 5) is 4.62. The van der Waals surface area contributed by atoms with Crippen LogP contribution in [0.2, 0.25) is 0 Å². The van der Waals surface area contributed by atoms with E-state index in [4.69, 9.17) is 4.74 Å². The number of likely N-dealkylation sites (N-methyl/N-ethyl adjacent to an activating group) is 1. The molecule has 1 fully saturated rings. The molecule has 0 radical (unpaired) electrons. The summed E-state index contributed by atoms with van der Waals surface area (Å²) in [5.41, 5.74) is 0. The van der Waals surface area contributed by atoms with E-state index >= 15 is 0 Å². The van der Waals surface area contributed by atoms with Crippen molar-refractivity contribution in [2.45, 2.75) is 6.10 Å². The summed E-state index contributed by atoms with van der Waals surface area (Å²) in [7, 11) is 2.14. The Morgan fingerprint density at radius 1 is 1.00 bits per heavy atom. The van der Waals surface area contributed by atoms with Crippen LogP contribution in [0.3, 0.4) is 0 Å². The topological polar surface area (TPSA) is 35.9 Å². The maximum atomic E-state index is 10.2. The highest BCUT2D eigenvalue weighted by atomic mass is 35.5. The van der Waals surface area contributed by atoms with Gasteiger partial charge in [-0.1, -0.05) is 36.4 Å². The second-order valence-corrected chi connectivity index (χ2v) is 6.05. The Labute approximate surface area is 156 Å². The van der Waals surface area contributed by atoms with E-state index in [1.165, 1.54) is 0 Å². The third-order valence-corrected chi connectivity index (χ3v) is 4.25. The molecule has 1 atom stereocenters. The first-order chi connectivity index (χ1) is 10.7. The van der Waals surface area contributed by atoms with Gasteiger partial charge in [0.2, 0.25) is 0 Å². The number of benzene rings is 2. The number of ether oxygens (including phenoxy) is 1. The van der Waals surface area contributed by atoms with Crippen LogP contribution in [0.1, 0.15) is 0 Å². The molecule has 6 heteroatoms. The number of nitrogens with zero attached hydrogens (tertiary/aromatic N) is 2. The van der Waals surface area contributed by atoms with E-state index < -0.39 is 6.10 Å². The fraction of sp³-hybridized carbons (Fsp3) is 0.444. The molecule has 0 saturated carbocycles. The van der Waals surface area contributed by atoms with Gasteiger partial charge in [-0.2, -0.15) is 0 Å². The smallest absolute Gasteiger partial charge is 0.127 e. The van der Waals surface area contributed by atoms with E-state index in [1.807, 2.05) is 24.3 Å². The van der Waals surface area contributed by atoms with Gasteiger partial charge in [0.25, 0.3) is 0 Å².